The van der Waals surface area contributed by atoms with Crippen molar-refractivity contribution in [2.45, 2.75) is 32.4 Å². The molecule has 5 nitrogen and oxygen atoms in total. The summed E-state index contributed by atoms with van der Waals surface area (Å²) in [6.07, 6.45) is 4.61. The largest absolute Gasteiger partial charge is 0.494 e. The van der Waals surface area contributed by atoms with Gasteiger partial charge >= 0.3 is 0 Å². The Hall–Kier alpha value is -2.86. The predicted octanol–water partition coefficient (Wildman–Crippen LogP) is 5.46. The Morgan fingerprint density at radius 1 is 1.07 bits per heavy atom. The number of nitrogens with one attached hydrogen (secondary N) is 1. The van der Waals surface area contributed by atoms with Gasteiger partial charge in [0.1, 0.15) is 18.1 Å². The first-order valence-corrected chi connectivity index (χ1v) is 10.7. The fourth-order valence-corrected chi connectivity index (χ4v) is 3.26. The van der Waals surface area contributed by atoms with Crippen molar-refractivity contribution in [2.24, 2.45) is 0 Å². The molecule has 0 aliphatic rings. The number of carbonyl (C=O) groups is 1. The van der Waals surface area contributed by atoms with Crippen LogP contribution in [0.15, 0.2) is 77.5 Å². The maximum absolute atomic E-state index is 12.2. The fraction of sp³-hybridized carbons (Fsp3) is 0.250. The smallest absolute Gasteiger partial charge is 0.220 e. The lowest BCUT2D eigenvalue weighted by Crippen LogP contribution is -2.26. The number of amides is 1. The first kappa shape index (κ1) is 21.8. The molecular formula is C24H25BrN2O3. The number of pyridine rings is 1. The Morgan fingerprint density at radius 3 is 2.63 bits per heavy atom. The van der Waals surface area contributed by atoms with Gasteiger partial charge in [-0.15, -0.1) is 0 Å². The van der Waals surface area contributed by atoms with Crippen LogP contribution in [0.3, 0.4) is 0 Å². The van der Waals surface area contributed by atoms with Crippen molar-refractivity contribution in [3.05, 3.63) is 88.7 Å². The van der Waals surface area contributed by atoms with Gasteiger partial charge in [-0.05, 0) is 55.3 Å². The van der Waals surface area contributed by atoms with Crippen LogP contribution in [0.2, 0.25) is 0 Å². The van der Waals surface area contributed by atoms with Crippen molar-refractivity contribution in [1.82, 2.24) is 10.3 Å². The molecule has 1 amide bonds. The first-order valence-electron chi connectivity index (χ1n) is 9.89. The number of hydrogen-bond acceptors (Lipinski definition) is 4. The number of hydrogen-bond donors (Lipinski definition) is 1. The van der Waals surface area contributed by atoms with E-state index >= 15 is 0 Å². The summed E-state index contributed by atoms with van der Waals surface area (Å²) in [5.74, 6) is 1.59. The van der Waals surface area contributed by atoms with E-state index in [1.54, 1.807) is 12.4 Å². The topological polar surface area (TPSA) is 60.5 Å². The Morgan fingerprint density at radius 2 is 1.90 bits per heavy atom. The summed E-state index contributed by atoms with van der Waals surface area (Å²) in [6, 6.07) is 19.2. The molecule has 0 radical (unpaired) electrons. The third-order valence-corrected chi connectivity index (χ3v) is 4.99. The lowest BCUT2D eigenvalue weighted by molar-refractivity contribution is -0.121. The zero-order valence-corrected chi connectivity index (χ0v) is 18.5. The zero-order valence-electron chi connectivity index (χ0n) is 16.9. The molecular weight excluding hydrogens is 444 g/mol. The van der Waals surface area contributed by atoms with Gasteiger partial charge in [-0.3, -0.25) is 9.78 Å². The SMILES string of the molecule is CC(NC(=O)CCCOc1cccc(Br)c1)c1ccc(OCc2cccnc2)cc1. The number of carbonyl (C=O) groups excluding carboxylic acids is 1. The van der Waals surface area contributed by atoms with Gasteiger partial charge in [0.15, 0.2) is 0 Å². The van der Waals surface area contributed by atoms with Crippen molar-refractivity contribution in [2.75, 3.05) is 6.61 Å². The van der Waals surface area contributed by atoms with Crippen LogP contribution in [0.1, 0.15) is 36.9 Å². The predicted molar refractivity (Wildman–Crippen MR) is 120 cm³/mol. The van der Waals surface area contributed by atoms with Gasteiger partial charge in [0, 0.05) is 28.9 Å². The minimum absolute atomic E-state index is 0.0113. The van der Waals surface area contributed by atoms with E-state index in [2.05, 4.69) is 26.2 Å². The molecule has 0 spiro atoms. The van der Waals surface area contributed by atoms with E-state index in [1.807, 2.05) is 67.6 Å². The Bertz CT molecular complexity index is 933. The van der Waals surface area contributed by atoms with Crippen molar-refractivity contribution >= 4 is 21.8 Å². The maximum Gasteiger partial charge on any atom is 0.220 e. The van der Waals surface area contributed by atoms with Crippen LogP contribution < -0.4 is 14.8 Å². The zero-order chi connectivity index (χ0) is 21.2. The number of rotatable bonds is 10. The van der Waals surface area contributed by atoms with E-state index in [-0.39, 0.29) is 11.9 Å². The molecule has 6 heteroatoms. The van der Waals surface area contributed by atoms with Gasteiger partial charge in [-0.2, -0.15) is 0 Å². The van der Waals surface area contributed by atoms with Crippen LogP contribution in [-0.4, -0.2) is 17.5 Å². The summed E-state index contributed by atoms with van der Waals surface area (Å²) < 4.78 is 12.4. The van der Waals surface area contributed by atoms with E-state index < -0.39 is 0 Å². The summed E-state index contributed by atoms with van der Waals surface area (Å²) in [6.45, 7) is 2.95. The molecule has 30 heavy (non-hydrogen) atoms. The highest BCUT2D eigenvalue weighted by atomic mass is 79.9. The molecule has 3 rings (SSSR count). The highest BCUT2D eigenvalue weighted by Crippen LogP contribution is 2.19. The van der Waals surface area contributed by atoms with E-state index in [0.29, 0.717) is 26.1 Å². The summed E-state index contributed by atoms with van der Waals surface area (Å²) in [5.41, 5.74) is 2.05. The Kier molecular flexibility index (Phi) is 8.27. The lowest BCUT2D eigenvalue weighted by Gasteiger charge is -2.15. The molecule has 3 aromatic rings. The second-order valence-electron chi connectivity index (χ2n) is 6.92. The van der Waals surface area contributed by atoms with Crippen molar-refractivity contribution < 1.29 is 14.3 Å². The van der Waals surface area contributed by atoms with Crippen LogP contribution in [0.5, 0.6) is 11.5 Å². The fourth-order valence-electron chi connectivity index (χ4n) is 2.88. The van der Waals surface area contributed by atoms with Gasteiger partial charge in [0.05, 0.1) is 12.6 Å². The Labute approximate surface area is 185 Å². The molecule has 0 aliphatic heterocycles. The van der Waals surface area contributed by atoms with Gasteiger partial charge < -0.3 is 14.8 Å². The van der Waals surface area contributed by atoms with E-state index in [4.69, 9.17) is 9.47 Å². The second kappa shape index (κ2) is 11.4. The number of halogens is 1. The van der Waals surface area contributed by atoms with Crippen LogP contribution in [0.25, 0.3) is 0 Å². The summed E-state index contributed by atoms with van der Waals surface area (Å²) in [4.78, 5) is 16.3. The molecule has 2 aromatic carbocycles. The number of nitrogens with zero attached hydrogens (tertiary/aromatic N) is 1. The van der Waals surface area contributed by atoms with Gasteiger partial charge in [0.2, 0.25) is 5.91 Å². The van der Waals surface area contributed by atoms with Crippen LogP contribution in [0.4, 0.5) is 0 Å². The molecule has 0 fully saturated rings. The third-order valence-electron chi connectivity index (χ3n) is 4.50. The van der Waals surface area contributed by atoms with Crippen LogP contribution >= 0.6 is 15.9 Å². The summed E-state index contributed by atoms with van der Waals surface area (Å²) in [7, 11) is 0. The van der Waals surface area contributed by atoms with E-state index in [0.717, 1.165) is 27.1 Å². The third kappa shape index (κ3) is 7.19. The molecule has 156 valence electrons. The molecule has 0 aliphatic carbocycles. The molecule has 0 saturated carbocycles. The molecule has 0 saturated heterocycles. The van der Waals surface area contributed by atoms with Gasteiger partial charge in [-0.25, -0.2) is 0 Å². The van der Waals surface area contributed by atoms with Gasteiger partial charge in [-0.1, -0.05) is 40.2 Å². The number of aromatic nitrogens is 1. The standard InChI is InChI=1S/C24H25BrN2O3/c1-18(27-24(28)8-4-14-29-23-7-2-6-21(25)15-23)20-9-11-22(12-10-20)30-17-19-5-3-13-26-16-19/h2-3,5-7,9-13,15-16,18H,4,8,14,17H2,1H3,(H,27,28). The quantitative estimate of drug-likeness (QED) is 0.401. The Balaban J connectivity index is 1.38. The highest BCUT2D eigenvalue weighted by Gasteiger charge is 2.10. The van der Waals surface area contributed by atoms with Crippen LogP contribution in [-0.2, 0) is 11.4 Å². The van der Waals surface area contributed by atoms with E-state index in [9.17, 15) is 4.79 Å². The second-order valence-corrected chi connectivity index (χ2v) is 7.83. The minimum atomic E-state index is -0.0733. The summed E-state index contributed by atoms with van der Waals surface area (Å²) in [5, 5.41) is 3.03. The maximum atomic E-state index is 12.2. The molecule has 1 aromatic heterocycles. The molecule has 1 unspecified atom stereocenters. The minimum Gasteiger partial charge on any atom is -0.494 e. The number of ether oxygens (including phenoxy) is 2. The lowest BCUT2D eigenvalue weighted by atomic mass is 10.1. The van der Waals surface area contributed by atoms with Crippen molar-refractivity contribution in [1.29, 1.82) is 0 Å². The first-order chi connectivity index (χ1) is 14.6. The monoisotopic (exact) mass is 468 g/mol. The number of benzene rings is 2. The van der Waals surface area contributed by atoms with Crippen molar-refractivity contribution in [3.63, 3.8) is 0 Å². The normalized spacial score (nSPS) is 11.5. The molecule has 1 N–H and O–H groups in total. The summed E-state index contributed by atoms with van der Waals surface area (Å²) >= 11 is 3.41. The molecule has 1 atom stereocenters. The van der Waals surface area contributed by atoms with Crippen molar-refractivity contribution in [3.8, 4) is 11.5 Å². The van der Waals surface area contributed by atoms with E-state index in [1.165, 1.54) is 0 Å². The molecule has 0 bridgehead atoms. The molecule has 1 heterocycles. The highest BCUT2D eigenvalue weighted by molar-refractivity contribution is 9.10. The van der Waals surface area contributed by atoms with Gasteiger partial charge in [0.25, 0.3) is 0 Å². The van der Waals surface area contributed by atoms with Crippen LogP contribution in [0, 0.1) is 0 Å². The average Bonchev–Trinajstić information content (AvgIpc) is 2.76. The average molecular weight is 469 g/mol.